The number of hydrogen-bond donors (Lipinski definition) is 1. The minimum absolute atomic E-state index is 0.922. The predicted molar refractivity (Wildman–Crippen MR) is 96.4 cm³/mol. The van der Waals surface area contributed by atoms with E-state index in [9.17, 15) is 0 Å². The van der Waals surface area contributed by atoms with Crippen molar-refractivity contribution in [2.24, 2.45) is 0 Å². The second kappa shape index (κ2) is 5.81. The van der Waals surface area contributed by atoms with Crippen molar-refractivity contribution in [1.82, 2.24) is 0 Å². The summed E-state index contributed by atoms with van der Waals surface area (Å²) in [6.07, 6.45) is 12.7. The van der Waals surface area contributed by atoms with E-state index in [0.717, 1.165) is 35.1 Å². The Kier molecular flexibility index (Phi) is 3.51. The highest BCUT2D eigenvalue weighted by Gasteiger charge is 2.14. The molecular formula is C21H19NO. The van der Waals surface area contributed by atoms with Crippen LogP contribution in [-0.4, -0.2) is 0 Å². The fraction of sp³-hybridized carbons (Fsp3) is 0.143. The Morgan fingerprint density at radius 3 is 2.83 bits per heavy atom. The molecule has 2 aliphatic heterocycles. The lowest BCUT2D eigenvalue weighted by Gasteiger charge is -2.18. The smallest absolute Gasteiger partial charge is 0.134 e. The second-order valence-corrected chi connectivity index (χ2v) is 5.81. The Morgan fingerprint density at radius 1 is 1.00 bits per heavy atom. The molecule has 0 saturated carbocycles. The molecule has 0 unspecified atom stereocenters. The molecule has 2 nitrogen and oxygen atoms in total. The van der Waals surface area contributed by atoms with Gasteiger partial charge in [-0.1, -0.05) is 43.3 Å². The Balaban J connectivity index is 1.84. The van der Waals surface area contributed by atoms with E-state index in [1.165, 1.54) is 16.4 Å². The number of anilines is 1. The first-order valence-electron chi connectivity index (χ1n) is 8.08. The first-order valence-corrected chi connectivity index (χ1v) is 8.08. The molecule has 1 N–H and O–H groups in total. The number of hydrogen-bond acceptors (Lipinski definition) is 2. The van der Waals surface area contributed by atoms with Gasteiger partial charge in [-0.05, 0) is 42.2 Å². The van der Waals surface area contributed by atoms with E-state index < -0.39 is 0 Å². The molecule has 114 valence electrons. The third-order valence-corrected chi connectivity index (χ3v) is 4.27. The summed E-state index contributed by atoms with van der Waals surface area (Å²) in [7, 11) is 0. The highest BCUT2D eigenvalue weighted by atomic mass is 16.5. The van der Waals surface area contributed by atoms with Gasteiger partial charge in [-0.15, -0.1) is 0 Å². The molecular weight excluding hydrogens is 282 g/mol. The van der Waals surface area contributed by atoms with E-state index in [-0.39, 0.29) is 0 Å². The van der Waals surface area contributed by atoms with Crippen molar-refractivity contribution in [3.8, 4) is 16.9 Å². The number of nitrogens with one attached hydrogen (secondary N) is 1. The van der Waals surface area contributed by atoms with Crippen molar-refractivity contribution < 1.29 is 4.74 Å². The zero-order chi connectivity index (χ0) is 15.6. The van der Waals surface area contributed by atoms with Gasteiger partial charge in [0.25, 0.3) is 0 Å². The Bertz CT molecular complexity index is 935. The van der Waals surface area contributed by atoms with Crippen LogP contribution in [-0.2, 0) is 0 Å². The first-order chi connectivity index (χ1) is 11.4. The van der Waals surface area contributed by atoms with E-state index >= 15 is 0 Å². The molecule has 0 amide bonds. The van der Waals surface area contributed by atoms with Crippen LogP contribution in [0, 0.1) is 0 Å². The van der Waals surface area contributed by atoms with Gasteiger partial charge in [-0.2, -0.15) is 0 Å². The van der Waals surface area contributed by atoms with Crippen molar-refractivity contribution in [2.45, 2.75) is 19.8 Å². The van der Waals surface area contributed by atoms with Gasteiger partial charge < -0.3 is 10.1 Å². The second-order valence-electron chi connectivity index (χ2n) is 5.81. The highest BCUT2D eigenvalue weighted by Crippen LogP contribution is 2.30. The minimum Gasteiger partial charge on any atom is -0.464 e. The number of para-hydroxylation sites is 1. The summed E-state index contributed by atoms with van der Waals surface area (Å²) in [6, 6.07) is 12.5. The van der Waals surface area contributed by atoms with Crippen LogP contribution in [0.3, 0.4) is 0 Å². The largest absolute Gasteiger partial charge is 0.464 e. The van der Waals surface area contributed by atoms with Crippen LogP contribution in [0.2, 0.25) is 0 Å². The molecule has 2 aliphatic rings. The van der Waals surface area contributed by atoms with E-state index in [1.54, 1.807) is 0 Å². The number of fused-ring (bicyclic) bond motifs is 5. The predicted octanol–water partition coefficient (Wildman–Crippen LogP) is 3.93. The highest BCUT2D eigenvalue weighted by molar-refractivity contribution is 5.78. The lowest BCUT2D eigenvalue weighted by Crippen LogP contribution is -2.33. The van der Waals surface area contributed by atoms with Gasteiger partial charge in [0.15, 0.2) is 0 Å². The summed E-state index contributed by atoms with van der Waals surface area (Å²) < 4.78 is 5.84. The number of benzene rings is 2. The number of rotatable bonds is 3. The molecule has 2 heterocycles. The molecule has 2 aromatic rings. The van der Waals surface area contributed by atoms with Gasteiger partial charge in [0.05, 0.1) is 6.26 Å². The van der Waals surface area contributed by atoms with Crippen molar-refractivity contribution in [1.29, 1.82) is 0 Å². The summed E-state index contributed by atoms with van der Waals surface area (Å²) in [5.41, 5.74) is 4.80. The van der Waals surface area contributed by atoms with Crippen LogP contribution in [0.4, 0.5) is 5.69 Å². The quantitative estimate of drug-likeness (QED) is 0.867. The summed E-state index contributed by atoms with van der Waals surface area (Å²) in [5.74, 6) is 0.922. The van der Waals surface area contributed by atoms with Crippen LogP contribution in [0.5, 0.6) is 5.75 Å². The third-order valence-electron chi connectivity index (χ3n) is 4.27. The van der Waals surface area contributed by atoms with Crippen LogP contribution in [0.1, 0.15) is 19.8 Å². The maximum atomic E-state index is 5.84. The Morgan fingerprint density at radius 2 is 1.91 bits per heavy atom. The molecule has 2 aromatic carbocycles. The van der Waals surface area contributed by atoms with Crippen LogP contribution < -0.4 is 20.5 Å². The van der Waals surface area contributed by atoms with Gasteiger partial charge in [0.2, 0.25) is 0 Å². The van der Waals surface area contributed by atoms with Gasteiger partial charge in [0, 0.05) is 27.9 Å². The van der Waals surface area contributed by atoms with Crippen LogP contribution >= 0.6 is 0 Å². The number of ether oxygens (including phenoxy) is 1. The monoisotopic (exact) mass is 301 g/mol. The van der Waals surface area contributed by atoms with Gasteiger partial charge in [0.1, 0.15) is 5.75 Å². The fourth-order valence-electron chi connectivity index (χ4n) is 3.10. The molecule has 0 fully saturated rings. The maximum Gasteiger partial charge on any atom is 0.134 e. The Labute approximate surface area is 136 Å². The minimum atomic E-state index is 0.922. The van der Waals surface area contributed by atoms with Crippen LogP contribution in [0.25, 0.3) is 23.5 Å². The molecule has 0 radical (unpaired) electrons. The van der Waals surface area contributed by atoms with E-state index in [0.29, 0.717) is 0 Å². The summed E-state index contributed by atoms with van der Waals surface area (Å²) in [4.78, 5) is 0. The molecule has 0 aromatic heterocycles. The van der Waals surface area contributed by atoms with Crippen molar-refractivity contribution in [3.05, 3.63) is 70.8 Å². The number of allylic oxidation sites excluding steroid dienone is 3. The molecule has 4 rings (SSSR count). The maximum absolute atomic E-state index is 5.84. The van der Waals surface area contributed by atoms with Crippen molar-refractivity contribution >= 4 is 18.0 Å². The normalized spacial score (nSPS) is 14.4. The van der Waals surface area contributed by atoms with Gasteiger partial charge in [-0.25, -0.2) is 0 Å². The molecule has 23 heavy (non-hydrogen) atoms. The van der Waals surface area contributed by atoms with Crippen LogP contribution in [0.15, 0.2) is 60.3 Å². The summed E-state index contributed by atoms with van der Waals surface area (Å²) >= 11 is 0. The average Bonchev–Trinajstić information content (AvgIpc) is 2.61. The summed E-state index contributed by atoms with van der Waals surface area (Å²) in [6.45, 7) is 2.16. The molecule has 0 saturated heterocycles. The zero-order valence-corrected chi connectivity index (χ0v) is 13.2. The van der Waals surface area contributed by atoms with Gasteiger partial charge in [-0.3, -0.25) is 0 Å². The average molecular weight is 301 g/mol. The molecule has 2 heteroatoms. The molecule has 0 bridgehead atoms. The zero-order valence-electron chi connectivity index (χ0n) is 13.2. The SMILES string of the molecule is CCC=CCC1=CNc2ccc3c(c2=C1)=COc1ccccc1-3. The van der Waals surface area contributed by atoms with Crippen molar-refractivity contribution in [3.63, 3.8) is 0 Å². The Hall–Kier alpha value is -2.74. The topological polar surface area (TPSA) is 21.3 Å². The molecule has 0 aliphatic carbocycles. The lowest BCUT2D eigenvalue weighted by molar-refractivity contribution is 0.537. The standard InChI is InChI=1S/C21H19NO/c1-2-3-4-7-15-12-18-19-14-23-21-9-6-5-8-17(21)16(19)10-11-20(18)22-13-15/h3-6,8-14,22H,2,7H2,1H3. The first kappa shape index (κ1) is 13.9. The van der Waals surface area contributed by atoms with E-state index in [2.05, 4.69) is 60.9 Å². The van der Waals surface area contributed by atoms with Crippen molar-refractivity contribution in [2.75, 3.05) is 5.32 Å². The fourth-order valence-corrected chi connectivity index (χ4v) is 3.10. The van der Waals surface area contributed by atoms with Gasteiger partial charge >= 0.3 is 0 Å². The van der Waals surface area contributed by atoms with E-state index in [1.807, 2.05) is 18.4 Å². The molecule has 0 spiro atoms. The molecule has 0 atom stereocenters. The summed E-state index contributed by atoms with van der Waals surface area (Å²) in [5, 5.41) is 5.77. The van der Waals surface area contributed by atoms with E-state index in [4.69, 9.17) is 4.74 Å². The third kappa shape index (κ3) is 2.46. The lowest BCUT2D eigenvalue weighted by atomic mass is 9.97.